The number of morpholine rings is 1. The highest BCUT2D eigenvalue weighted by molar-refractivity contribution is 6.35. The molecule has 2 rings (SSSR count). The Hall–Kier alpha value is -0.940. The van der Waals surface area contributed by atoms with Crippen LogP contribution in [0.1, 0.15) is 0 Å². The molecule has 2 heterocycles. The van der Waals surface area contributed by atoms with E-state index in [2.05, 4.69) is 5.16 Å². The smallest absolute Gasteiger partial charge is 0.243 e. The molecule has 5 nitrogen and oxygen atoms in total. The third kappa shape index (κ3) is 1.57. The van der Waals surface area contributed by atoms with Gasteiger partial charge in [0, 0.05) is 13.1 Å². The van der Waals surface area contributed by atoms with E-state index in [1.165, 1.54) is 0 Å². The summed E-state index contributed by atoms with van der Waals surface area (Å²) in [6, 6.07) is 0. The van der Waals surface area contributed by atoms with E-state index in [1.807, 2.05) is 4.90 Å². The Kier molecular flexibility index (Phi) is 2.28. The molecule has 6 heteroatoms. The topological polar surface area (TPSA) is 64.5 Å². The maximum absolute atomic E-state index is 5.88. The zero-order chi connectivity index (χ0) is 9.26. The number of rotatable bonds is 1. The normalized spacial score (nSPS) is 17.8. The van der Waals surface area contributed by atoms with Crippen molar-refractivity contribution in [1.29, 1.82) is 0 Å². The van der Waals surface area contributed by atoms with E-state index in [-0.39, 0.29) is 5.88 Å². The number of aromatic nitrogens is 1. The third-order valence-corrected chi connectivity index (χ3v) is 2.31. The molecule has 1 aliphatic heterocycles. The van der Waals surface area contributed by atoms with E-state index in [0.29, 0.717) is 24.1 Å². The van der Waals surface area contributed by atoms with Crippen molar-refractivity contribution in [3.05, 3.63) is 5.02 Å². The summed E-state index contributed by atoms with van der Waals surface area (Å²) in [5.41, 5.74) is 5.43. The van der Waals surface area contributed by atoms with E-state index in [4.69, 9.17) is 26.6 Å². The van der Waals surface area contributed by atoms with Gasteiger partial charge in [0.2, 0.25) is 5.88 Å². The van der Waals surface area contributed by atoms with E-state index in [9.17, 15) is 0 Å². The van der Waals surface area contributed by atoms with Crippen LogP contribution in [0.15, 0.2) is 4.52 Å². The van der Waals surface area contributed by atoms with Crippen LogP contribution in [-0.4, -0.2) is 31.5 Å². The van der Waals surface area contributed by atoms with Crippen LogP contribution in [0.3, 0.4) is 0 Å². The van der Waals surface area contributed by atoms with Gasteiger partial charge in [0.25, 0.3) is 0 Å². The molecule has 0 aromatic carbocycles. The first-order chi connectivity index (χ1) is 6.29. The number of nitrogens with two attached hydrogens (primary N) is 1. The van der Waals surface area contributed by atoms with Gasteiger partial charge in [-0.05, 0) is 0 Å². The molecule has 1 aromatic heterocycles. The van der Waals surface area contributed by atoms with Gasteiger partial charge in [-0.3, -0.25) is 0 Å². The minimum Gasteiger partial charge on any atom is -0.378 e. The summed E-state index contributed by atoms with van der Waals surface area (Å²) in [5.74, 6) is 0.783. The van der Waals surface area contributed by atoms with Crippen LogP contribution in [0.25, 0.3) is 0 Å². The van der Waals surface area contributed by atoms with Crippen LogP contribution < -0.4 is 10.6 Å². The maximum Gasteiger partial charge on any atom is 0.243 e. The molecule has 1 aliphatic rings. The molecule has 1 aromatic rings. The lowest BCUT2D eigenvalue weighted by Crippen LogP contribution is -2.36. The molecule has 1 fully saturated rings. The molecule has 13 heavy (non-hydrogen) atoms. The van der Waals surface area contributed by atoms with Gasteiger partial charge in [0.05, 0.1) is 13.2 Å². The van der Waals surface area contributed by atoms with Crippen molar-refractivity contribution < 1.29 is 9.26 Å². The molecular weight excluding hydrogens is 194 g/mol. The van der Waals surface area contributed by atoms with Crippen LogP contribution in [0, 0.1) is 0 Å². The fraction of sp³-hybridized carbons (Fsp3) is 0.571. The summed E-state index contributed by atoms with van der Waals surface area (Å²) in [4.78, 5) is 1.99. The molecular formula is C7H10ClN3O2. The van der Waals surface area contributed by atoms with Crippen molar-refractivity contribution in [2.75, 3.05) is 36.9 Å². The predicted octanol–water partition coefficient (Wildman–Crippen LogP) is 0.747. The average molecular weight is 204 g/mol. The van der Waals surface area contributed by atoms with Crippen LogP contribution in [0.2, 0.25) is 5.02 Å². The second-order valence-electron chi connectivity index (χ2n) is 2.78. The van der Waals surface area contributed by atoms with Gasteiger partial charge in [-0.1, -0.05) is 16.8 Å². The fourth-order valence-electron chi connectivity index (χ4n) is 1.25. The number of nitrogens with zero attached hydrogens (tertiary/aromatic N) is 2. The van der Waals surface area contributed by atoms with Gasteiger partial charge in [-0.2, -0.15) is 0 Å². The molecule has 0 saturated carbocycles. The minimum absolute atomic E-state index is 0.170. The molecule has 0 radical (unpaired) electrons. The first kappa shape index (κ1) is 8.65. The summed E-state index contributed by atoms with van der Waals surface area (Å²) < 4.78 is 9.96. The first-order valence-electron chi connectivity index (χ1n) is 4.02. The first-order valence-corrected chi connectivity index (χ1v) is 4.40. The highest BCUT2D eigenvalue weighted by Gasteiger charge is 2.19. The van der Waals surface area contributed by atoms with E-state index in [0.717, 1.165) is 13.1 Å². The van der Waals surface area contributed by atoms with E-state index >= 15 is 0 Å². The van der Waals surface area contributed by atoms with Gasteiger partial charge in [0.1, 0.15) is 5.02 Å². The molecule has 0 unspecified atom stereocenters. The largest absolute Gasteiger partial charge is 0.378 e. The Morgan fingerprint density at radius 2 is 2.08 bits per heavy atom. The molecule has 1 saturated heterocycles. The van der Waals surface area contributed by atoms with E-state index < -0.39 is 0 Å². The summed E-state index contributed by atoms with van der Waals surface area (Å²) in [7, 11) is 0. The average Bonchev–Trinajstić information content (AvgIpc) is 2.49. The standard InChI is InChI=1S/C7H10ClN3O2/c8-5-6(9)13-10-7(5)11-1-3-12-4-2-11/h1-4,9H2. The van der Waals surface area contributed by atoms with Gasteiger partial charge in [0.15, 0.2) is 5.82 Å². The number of ether oxygens (including phenoxy) is 1. The molecule has 0 spiro atoms. The third-order valence-electron chi connectivity index (χ3n) is 1.95. The van der Waals surface area contributed by atoms with Crippen molar-refractivity contribution in [3.63, 3.8) is 0 Å². The fourth-order valence-corrected chi connectivity index (χ4v) is 1.44. The lowest BCUT2D eigenvalue weighted by molar-refractivity contribution is 0.122. The molecule has 0 atom stereocenters. The number of halogens is 1. The second-order valence-corrected chi connectivity index (χ2v) is 3.16. The zero-order valence-corrected chi connectivity index (χ0v) is 7.75. The summed E-state index contributed by atoms with van der Waals surface area (Å²) in [5, 5.41) is 4.17. The number of hydrogen-bond donors (Lipinski definition) is 1. The van der Waals surface area contributed by atoms with Crippen LogP contribution >= 0.6 is 11.6 Å². The zero-order valence-electron chi connectivity index (χ0n) is 6.99. The number of anilines is 2. The summed E-state index contributed by atoms with van der Waals surface area (Å²) >= 11 is 5.88. The molecule has 72 valence electrons. The van der Waals surface area contributed by atoms with Crippen molar-refractivity contribution >= 4 is 23.3 Å². The van der Waals surface area contributed by atoms with Crippen LogP contribution in [0.5, 0.6) is 0 Å². The van der Waals surface area contributed by atoms with Gasteiger partial charge in [-0.15, -0.1) is 0 Å². The lowest BCUT2D eigenvalue weighted by atomic mass is 10.4. The Morgan fingerprint density at radius 3 is 2.62 bits per heavy atom. The Balaban J connectivity index is 2.18. The predicted molar refractivity (Wildman–Crippen MR) is 49.0 cm³/mol. The number of hydrogen-bond acceptors (Lipinski definition) is 5. The van der Waals surface area contributed by atoms with Crippen molar-refractivity contribution in [3.8, 4) is 0 Å². The Labute approximate surface area is 80.4 Å². The molecule has 0 bridgehead atoms. The van der Waals surface area contributed by atoms with Gasteiger partial charge in [-0.25, -0.2) is 0 Å². The van der Waals surface area contributed by atoms with Gasteiger partial charge < -0.3 is 19.9 Å². The lowest BCUT2D eigenvalue weighted by Gasteiger charge is -2.26. The summed E-state index contributed by atoms with van der Waals surface area (Å²) in [6.45, 7) is 2.91. The Morgan fingerprint density at radius 1 is 1.38 bits per heavy atom. The van der Waals surface area contributed by atoms with Crippen molar-refractivity contribution in [2.24, 2.45) is 0 Å². The van der Waals surface area contributed by atoms with Crippen LogP contribution in [0.4, 0.5) is 11.7 Å². The maximum atomic E-state index is 5.88. The summed E-state index contributed by atoms with van der Waals surface area (Å²) in [6.07, 6.45) is 0. The molecule has 2 N–H and O–H groups in total. The number of nitrogen functional groups attached to an aromatic ring is 1. The quantitative estimate of drug-likeness (QED) is 0.730. The molecule has 0 amide bonds. The minimum atomic E-state index is 0.170. The highest BCUT2D eigenvalue weighted by atomic mass is 35.5. The SMILES string of the molecule is Nc1onc(N2CCOCC2)c1Cl. The van der Waals surface area contributed by atoms with Crippen molar-refractivity contribution in [1.82, 2.24) is 5.16 Å². The van der Waals surface area contributed by atoms with Crippen molar-refractivity contribution in [2.45, 2.75) is 0 Å². The second kappa shape index (κ2) is 3.43. The highest BCUT2D eigenvalue weighted by Crippen LogP contribution is 2.30. The molecule has 0 aliphatic carbocycles. The monoisotopic (exact) mass is 203 g/mol. The van der Waals surface area contributed by atoms with Gasteiger partial charge >= 0.3 is 0 Å². The Bertz CT molecular complexity index is 296. The van der Waals surface area contributed by atoms with Crippen LogP contribution in [-0.2, 0) is 4.74 Å². The van der Waals surface area contributed by atoms with E-state index in [1.54, 1.807) is 0 Å².